The topological polar surface area (TPSA) is 15.3 Å². The highest BCUT2D eigenvalue weighted by atomic mass is 15.2. The predicted octanol–water partition coefficient (Wildman–Crippen LogP) is 2.44. The van der Waals surface area contributed by atoms with Gasteiger partial charge in [0.1, 0.15) is 0 Å². The van der Waals surface area contributed by atoms with Crippen LogP contribution in [0.3, 0.4) is 0 Å². The molecule has 0 radical (unpaired) electrons. The number of benzene rings is 1. The van der Waals surface area contributed by atoms with Gasteiger partial charge in [0.15, 0.2) is 0 Å². The van der Waals surface area contributed by atoms with Crippen molar-refractivity contribution in [2.75, 3.05) is 24.5 Å². The predicted molar refractivity (Wildman–Crippen MR) is 72.5 cm³/mol. The largest absolute Gasteiger partial charge is 0.369 e. The molecule has 2 unspecified atom stereocenters. The number of fused-ring (bicyclic) bond motifs is 1. The zero-order valence-electron chi connectivity index (χ0n) is 10.7. The lowest BCUT2D eigenvalue weighted by Gasteiger charge is -2.36. The van der Waals surface area contributed by atoms with E-state index < -0.39 is 0 Å². The van der Waals surface area contributed by atoms with Crippen molar-refractivity contribution in [2.45, 2.75) is 32.2 Å². The van der Waals surface area contributed by atoms with E-state index in [4.69, 9.17) is 0 Å². The molecule has 1 aromatic carbocycles. The van der Waals surface area contributed by atoms with E-state index in [0.29, 0.717) is 6.04 Å². The van der Waals surface area contributed by atoms with E-state index in [2.05, 4.69) is 41.4 Å². The molecular formula is C15H22N2. The van der Waals surface area contributed by atoms with Gasteiger partial charge in [0.2, 0.25) is 0 Å². The van der Waals surface area contributed by atoms with Gasteiger partial charge in [-0.2, -0.15) is 0 Å². The summed E-state index contributed by atoms with van der Waals surface area (Å²) in [6.45, 7) is 5.97. The fourth-order valence-corrected chi connectivity index (χ4v) is 3.26. The highest BCUT2D eigenvalue weighted by molar-refractivity contribution is 5.55. The molecule has 2 aliphatic rings. The Bertz CT molecular complexity index is 382. The van der Waals surface area contributed by atoms with Crippen LogP contribution in [-0.2, 0) is 6.42 Å². The molecule has 1 aromatic rings. The molecular weight excluding hydrogens is 208 g/mol. The van der Waals surface area contributed by atoms with Gasteiger partial charge in [-0.3, -0.25) is 0 Å². The molecule has 2 atom stereocenters. The molecule has 0 amide bonds. The minimum absolute atomic E-state index is 0.702. The standard InChI is InChI=1S/C15H22N2/c1-12-9-13-5-2-3-7-15(13)17(10-12)11-14-6-4-8-16-14/h2-3,5,7,12,14,16H,4,6,8-11H2,1H3. The normalized spacial score (nSPS) is 28.2. The molecule has 1 fully saturated rings. The maximum Gasteiger partial charge on any atom is 0.0399 e. The average Bonchev–Trinajstić information content (AvgIpc) is 2.81. The van der Waals surface area contributed by atoms with Gasteiger partial charge in [-0.25, -0.2) is 0 Å². The van der Waals surface area contributed by atoms with Gasteiger partial charge >= 0.3 is 0 Å². The molecule has 0 aromatic heterocycles. The number of nitrogens with one attached hydrogen (secondary N) is 1. The zero-order chi connectivity index (χ0) is 11.7. The van der Waals surface area contributed by atoms with Crippen molar-refractivity contribution in [3.8, 4) is 0 Å². The Labute approximate surface area is 104 Å². The number of rotatable bonds is 2. The van der Waals surface area contributed by atoms with Crippen LogP contribution in [0.2, 0.25) is 0 Å². The first-order valence-electron chi connectivity index (χ1n) is 6.89. The lowest BCUT2D eigenvalue weighted by molar-refractivity contribution is 0.497. The minimum Gasteiger partial charge on any atom is -0.369 e. The second-order valence-electron chi connectivity index (χ2n) is 5.64. The minimum atomic E-state index is 0.702. The Morgan fingerprint density at radius 2 is 2.24 bits per heavy atom. The van der Waals surface area contributed by atoms with Gasteiger partial charge in [0.25, 0.3) is 0 Å². The van der Waals surface area contributed by atoms with Crippen LogP contribution in [0.15, 0.2) is 24.3 Å². The Morgan fingerprint density at radius 3 is 3.06 bits per heavy atom. The first kappa shape index (κ1) is 11.1. The molecule has 2 aliphatic heterocycles. The van der Waals surface area contributed by atoms with E-state index in [9.17, 15) is 0 Å². The molecule has 2 heterocycles. The van der Waals surface area contributed by atoms with E-state index >= 15 is 0 Å². The van der Waals surface area contributed by atoms with Gasteiger partial charge in [0.05, 0.1) is 0 Å². The van der Waals surface area contributed by atoms with E-state index in [1.165, 1.54) is 50.1 Å². The second kappa shape index (κ2) is 4.69. The van der Waals surface area contributed by atoms with Gasteiger partial charge in [-0.1, -0.05) is 25.1 Å². The second-order valence-corrected chi connectivity index (χ2v) is 5.64. The fourth-order valence-electron chi connectivity index (χ4n) is 3.26. The lowest BCUT2D eigenvalue weighted by atomic mass is 9.93. The van der Waals surface area contributed by atoms with Crippen LogP contribution in [0.1, 0.15) is 25.3 Å². The van der Waals surface area contributed by atoms with Gasteiger partial charge in [-0.15, -0.1) is 0 Å². The van der Waals surface area contributed by atoms with Crippen molar-refractivity contribution in [1.82, 2.24) is 5.32 Å². The van der Waals surface area contributed by atoms with E-state index in [1.54, 1.807) is 0 Å². The first-order chi connectivity index (χ1) is 8.33. The third-order valence-corrected chi connectivity index (χ3v) is 4.04. The average molecular weight is 230 g/mol. The molecule has 1 saturated heterocycles. The summed E-state index contributed by atoms with van der Waals surface area (Å²) >= 11 is 0. The van der Waals surface area contributed by atoms with Crippen molar-refractivity contribution >= 4 is 5.69 Å². The Morgan fingerprint density at radius 1 is 1.35 bits per heavy atom. The van der Waals surface area contributed by atoms with Gasteiger partial charge in [-0.05, 0) is 43.4 Å². The third-order valence-electron chi connectivity index (χ3n) is 4.04. The van der Waals surface area contributed by atoms with Crippen LogP contribution < -0.4 is 10.2 Å². The molecule has 2 heteroatoms. The Kier molecular flexibility index (Phi) is 3.06. The Balaban J connectivity index is 1.79. The number of hydrogen-bond acceptors (Lipinski definition) is 2. The molecule has 2 nitrogen and oxygen atoms in total. The molecule has 0 spiro atoms. The molecule has 0 bridgehead atoms. The lowest BCUT2D eigenvalue weighted by Crippen LogP contribution is -2.42. The molecule has 1 N–H and O–H groups in total. The Hall–Kier alpha value is -1.02. The smallest absolute Gasteiger partial charge is 0.0399 e. The molecule has 3 rings (SSSR count). The highest BCUT2D eigenvalue weighted by Crippen LogP contribution is 2.29. The number of para-hydroxylation sites is 1. The number of nitrogens with zero attached hydrogens (tertiary/aromatic N) is 1. The van der Waals surface area contributed by atoms with Crippen LogP contribution in [0.5, 0.6) is 0 Å². The summed E-state index contributed by atoms with van der Waals surface area (Å²) in [4.78, 5) is 2.59. The quantitative estimate of drug-likeness (QED) is 0.839. The number of anilines is 1. The molecule has 17 heavy (non-hydrogen) atoms. The van der Waals surface area contributed by atoms with Gasteiger partial charge in [0, 0.05) is 24.8 Å². The molecule has 92 valence electrons. The molecule has 0 aliphatic carbocycles. The van der Waals surface area contributed by atoms with Crippen molar-refractivity contribution in [3.63, 3.8) is 0 Å². The summed E-state index contributed by atoms with van der Waals surface area (Å²) in [6.07, 6.45) is 3.92. The van der Waals surface area contributed by atoms with Crippen LogP contribution in [0.4, 0.5) is 5.69 Å². The summed E-state index contributed by atoms with van der Waals surface area (Å²) in [7, 11) is 0. The summed E-state index contributed by atoms with van der Waals surface area (Å²) in [5, 5.41) is 3.61. The van der Waals surface area contributed by atoms with Crippen molar-refractivity contribution in [3.05, 3.63) is 29.8 Å². The van der Waals surface area contributed by atoms with Crippen molar-refractivity contribution in [1.29, 1.82) is 0 Å². The number of hydrogen-bond donors (Lipinski definition) is 1. The fraction of sp³-hybridized carbons (Fsp3) is 0.600. The monoisotopic (exact) mass is 230 g/mol. The summed E-state index contributed by atoms with van der Waals surface area (Å²) in [5.74, 6) is 0.784. The summed E-state index contributed by atoms with van der Waals surface area (Å²) < 4.78 is 0. The highest BCUT2D eigenvalue weighted by Gasteiger charge is 2.24. The van der Waals surface area contributed by atoms with Crippen LogP contribution in [0, 0.1) is 5.92 Å². The first-order valence-corrected chi connectivity index (χ1v) is 6.89. The van der Waals surface area contributed by atoms with Crippen LogP contribution in [-0.4, -0.2) is 25.7 Å². The SMILES string of the molecule is CC1Cc2ccccc2N(CC2CCCN2)C1. The molecule has 0 saturated carbocycles. The van der Waals surface area contributed by atoms with Crippen molar-refractivity contribution < 1.29 is 0 Å². The van der Waals surface area contributed by atoms with Crippen molar-refractivity contribution in [2.24, 2.45) is 5.92 Å². The summed E-state index contributed by atoms with van der Waals surface area (Å²) in [6, 6.07) is 9.62. The maximum absolute atomic E-state index is 3.61. The summed E-state index contributed by atoms with van der Waals surface area (Å²) in [5.41, 5.74) is 3.00. The van der Waals surface area contributed by atoms with E-state index in [-0.39, 0.29) is 0 Å². The van der Waals surface area contributed by atoms with Crippen LogP contribution in [0.25, 0.3) is 0 Å². The maximum atomic E-state index is 3.61. The zero-order valence-corrected chi connectivity index (χ0v) is 10.7. The van der Waals surface area contributed by atoms with Crippen LogP contribution >= 0.6 is 0 Å². The van der Waals surface area contributed by atoms with E-state index in [1.807, 2.05) is 0 Å². The third kappa shape index (κ3) is 2.32. The van der Waals surface area contributed by atoms with Gasteiger partial charge < -0.3 is 10.2 Å². The van der Waals surface area contributed by atoms with E-state index in [0.717, 1.165) is 5.92 Å².